The topological polar surface area (TPSA) is 51.2 Å². The summed E-state index contributed by atoms with van der Waals surface area (Å²) in [6.07, 6.45) is 4.03. The lowest BCUT2D eigenvalue weighted by molar-refractivity contribution is 0.0944. The highest BCUT2D eigenvalue weighted by atomic mass is 16.5. The van der Waals surface area contributed by atoms with Crippen molar-refractivity contribution in [3.8, 4) is 0 Å². The molecule has 1 rings (SSSR count). The van der Waals surface area contributed by atoms with Gasteiger partial charge in [0.1, 0.15) is 0 Å². The van der Waals surface area contributed by atoms with E-state index in [0.717, 1.165) is 13.0 Å². The molecule has 82 valence electrons. The van der Waals surface area contributed by atoms with Crippen molar-refractivity contribution in [2.24, 2.45) is 0 Å². The van der Waals surface area contributed by atoms with Crippen molar-refractivity contribution in [2.45, 2.75) is 13.3 Å². The van der Waals surface area contributed by atoms with Gasteiger partial charge in [0.05, 0.1) is 5.56 Å². The predicted octanol–water partition coefficient (Wildman–Crippen LogP) is 1.24. The summed E-state index contributed by atoms with van der Waals surface area (Å²) in [4.78, 5) is 15.4. The molecule has 0 aliphatic heterocycles. The Kier molecular flexibility index (Phi) is 5.40. The fourth-order valence-electron chi connectivity index (χ4n) is 1.12. The molecule has 15 heavy (non-hydrogen) atoms. The molecule has 0 atom stereocenters. The maximum Gasteiger partial charge on any atom is 0.252 e. The van der Waals surface area contributed by atoms with E-state index in [0.29, 0.717) is 18.7 Å². The van der Waals surface area contributed by atoms with Gasteiger partial charge in [0.15, 0.2) is 0 Å². The number of ether oxygens (including phenoxy) is 1. The number of carbonyl (C=O) groups is 1. The zero-order chi connectivity index (χ0) is 10.9. The lowest BCUT2D eigenvalue weighted by Gasteiger charge is -2.04. The number of aromatic nitrogens is 1. The van der Waals surface area contributed by atoms with E-state index >= 15 is 0 Å². The highest BCUT2D eigenvalue weighted by molar-refractivity contribution is 5.93. The molecular formula is C11H16N2O2. The third-order valence-electron chi connectivity index (χ3n) is 1.88. The molecular weight excluding hydrogens is 192 g/mol. The number of nitrogens with zero attached hydrogens (tertiary/aromatic N) is 1. The summed E-state index contributed by atoms with van der Waals surface area (Å²) in [6.45, 7) is 3.99. The largest absolute Gasteiger partial charge is 0.382 e. The van der Waals surface area contributed by atoms with Crippen LogP contribution in [0.5, 0.6) is 0 Å². The van der Waals surface area contributed by atoms with Crippen LogP contribution in [0.25, 0.3) is 0 Å². The average Bonchev–Trinajstić information content (AvgIpc) is 2.30. The molecule has 0 saturated heterocycles. The molecule has 0 spiro atoms. The Morgan fingerprint density at radius 1 is 1.60 bits per heavy atom. The molecule has 0 aliphatic rings. The Labute approximate surface area is 89.7 Å². The monoisotopic (exact) mass is 208 g/mol. The third kappa shape index (κ3) is 4.56. The first kappa shape index (κ1) is 11.7. The molecule has 0 aromatic carbocycles. The van der Waals surface area contributed by atoms with Crippen molar-refractivity contribution < 1.29 is 9.53 Å². The summed E-state index contributed by atoms with van der Waals surface area (Å²) in [5.41, 5.74) is 0.592. The van der Waals surface area contributed by atoms with Gasteiger partial charge in [-0.3, -0.25) is 9.78 Å². The Morgan fingerprint density at radius 2 is 2.47 bits per heavy atom. The Bertz CT molecular complexity index is 288. The third-order valence-corrected chi connectivity index (χ3v) is 1.88. The van der Waals surface area contributed by atoms with Crippen LogP contribution in [0.2, 0.25) is 0 Å². The number of hydrogen-bond acceptors (Lipinski definition) is 3. The van der Waals surface area contributed by atoms with Gasteiger partial charge >= 0.3 is 0 Å². The lowest BCUT2D eigenvalue weighted by Crippen LogP contribution is -2.25. The summed E-state index contributed by atoms with van der Waals surface area (Å²) in [6, 6.07) is 3.49. The number of hydrogen-bond donors (Lipinski definition) is 1. The fraction of sp³-hybridized carbons (Fsp3) is 0.455. The van der Waals surface area contributed by atoms with Crippen LogP contribution in [0, 0.1) is 0 Å². The molecule has 0 saturated carbocycles. The van der Waals surface area contributed by atoms with Crippen molar-refractivity contribution in [2.75, 3.05) is 19.8 Å². The Hall–Kier alpha value is -1.42. The van der Waals surface area contributed by atoms with Crippen LogP contribution in [0.4, 0.5) is 0 Å². The molecule has 0 aliphatic carbocycles. The van der Waals surface area contributed by atoms with Crippen LogP contribution in [0.1, 0.15) is 23.7 Å². The van der Waals surface area contributed by atoms with Crippen LogP contribution in [0.15, 0.2) is 24.5 Å². The van der Waals surface area contributed by atoms with Gasteiger partial charge in [0.25, 0.3) is 5.91 Å². The minimum atomic E-state index is -0.0837. The van der Waals surface area contributed by atoms with Crippen molar-refractivity contribution in [3.63, 3.8) is 0 Å². The molecule has 1 amide bonds. The number of pyridine rings is 1. The number of carbonyl (C=O) groups excluding carboxylic acids is 1. The molecule has 0 bridgehead atoms. The maximum absolute atomic E-state index is 11.5. The zero-order valence-electron chi connectivity index (χ0n) is 8.90. The van der Waals surface area contributed by atoms with Gasteiger partial charge in [-0.1, -0.05) is 0 Å². The quantitative estimate of drug-likeness (QED) is 0.715. The number of rotatable bonds is 6. The molecule has 1 aromatic rings. The van der Waals surface area contributed by atoms with E-state index in [2.05, 4.69) is 10.3 Å². The van der Waals surface area contributed by atoms with Gasteiger partial charge in [-0.05, 0) is 25.5 Å². The second-order valence-electron chi connectivity index (χ2n) is 3.05. The van der Waals surface area contributed by atoms with Gasteiger partial charge in [0.2, 0.25) is 0 Å². The molecule has 1 aromatic heterocycles. The number of amides is 1. The summed E-state index contributed by atoms with van der Waals surface area (Å²) >= 11 is 0. The number of nitrogens with one attached hydrogen (secondary N) is 1. The first-order chi connectivity index (χ1) is 7.34. The van der Waals surface area contributed by atoms with Crippen molar-refractivity contribution in [1.82, 2.24) is 10.3 Å². The maximum atomic E-state index is 11.5. The molecule has 0 unspecified atom stereocenters. The van der Waals surface area contributed by atoms with Gasteiger partial charge in [-0.25, -0.2) is 0 Å². The summed E-state index contributed by atoms with van der Waals surface area (Å²) in [7, 11) is 0. The molecule has 4 nitrogen and oxygen atoms in total. The first-order valence-corrected chi connectivity index (χ1v) is 5.10. The molecule has 0 radical (unpaired) electrons. The van der Waals surface area contributed by atoms with E-state index in [1.54, 1.807) is 24.5 Å². The fourth-order valence-corrected chi connectivity index (χ4v) is 1.12. The second kappa shape index (κ2) is 6.95. The normalized spacial score (nSPS) is 9.93. The minimum absolute atomic E-state index is 0.0837. The van der Waals surface area contributed by atoms with E-state index in [9.17, 15) is 4.79 Å². The zero-order valence-corrected chi connectivity index (χ0v) is 8.90. The van der Waals surface area contributed by atoms with Crippen molar-refractivity contribution >= 4 is 5.91 Å². The van der Waals surface area contributed by atoms with Gasteiger partial charge in [-0.2, -0.15) is 0 Å². The predicted molar refractivity (Wildman–Crippen MR) is 57.7 cm³/mol. The lowest BCUT2D eigenvalue weighted by atomic mass is 10.2. The van der Waals surface area contributed by atoms with E-state index in [1.807, 2.05) is 6.92 Å². The van der Waals surface area contributed by atoms with Crippen LogP contribution >= 0.6 is 0 Å². The van der Waals surface area contributed by atoms with Crippen LogP contribution < -0.4 is 5.32 Å². The Balaban J connectivity index is 2.20. The molecule has 1 N–H and O–H groups in total. The van der Waals surface area contributed by atoms with Gasteiger partial charge < -0.3 is 10.1 Å². The summed E-state index contributed by atoms with van der Waals surface area (Å²) < 4.78 is 5.16. The highest BCUT2D eigenvalue weighted by Crippen LogP contribution is 1.94. The summed E-state index contributed by atoms with van der Waals surface area (Å²) in [5, 5.41) is 2.80. The van der Waals surface area contributed by atoms with Crippen LogP contribution in [0.3, 0.4) is 0 Å². The van der Waals surface area contributed by atoms with Crippen molar-refractivity contribution in [1.29, 1.82) is 0 Å². The van der Waals surface area contributed by atoms with Gasteiger partial charge in [-0.15, -0.1) is 0 Å². The highest BCUT2D eigenvalue weighted by Gasteiger charge is 2.02. The SMILES string of the molecule is CCOCCCNC(=O)c1cccnc1. The standard InChI is InChI=1S/C11H16N2O2/c1-2-15-8-4-7-13-11(14)10-5-3-6-12-9-10/h3,5-6,9H,2,4,7-8H2,1H3,(H,13,14). The smallest absolute Gasteiger partial charge is 0.252 e. The Morgan fingerprint density at radius 3 is 3.13 bits per heavy atom. The van der Waals surface area contributed by atoms with Crippen LogP contribution in [-0.2, 0) is 4.74 Å². The second-order valence-corrected chi connectivity index (χ2v) is 3.05. The molecule has 1 heterocycles. The minimum Gasteiger partial charge on any atom is -0.382 e. The van der Waals surface area contributed by atoms with E-state index in [-0.39, 0.29) is 5.91 Å². The van der Waals surface area contributed by atoms with E-state index in [1.165, 1.54) is 0 Å². The van der Waals surface area contributed by atoms with E-state index < -0.39 is 0 Å². The van der Waals surface area contributed by atoms with Gasteiger partial charge in [0, 0.05) is 32.2 Å². The van der Waals surface area contributed by atoms with E-state index in [4.69, 9.17) is 4.74 Å². The molecule has 4 heteroatoms. The van der Waals surface area contributed by atoms with Crippen molar-refractivity contribution in [3.05, 3.63) is 30.1 Å². The average molecular weight is 208 g/mol. The van der Waals surface area contributed by atoms with Crippen LogP contribution in [-0.4, -0.2) is 30.6 Å². The first-order valence-electron chi connectivity index (χ1n) is 5.10. The molecule has 0 fully saturated rings. The summed E-state index contributed by atoms with van der Waals surface area (Å²) in [5.74, 6) is -0.0837.